The fourth-order valence-corrected chi connectivity index (χ4v) is 3.05. The fraction of sp³-hybridized carbons (Fsp3) is 0.150. The second-order valence-electron chi connectivity index (χ2n) is 5.82. The Bertz CT molecular complexity index is 950. The summed E-state index contributed by atoms with van der Waals surface area (Å²) in [5, 5.41) is 1.23. The Kier molecular flexibility index (Phi) is 3.79. The molecule has 4 heteroatoms. The van der Waals surface area contributed by atoms with Crippen LogP contribution in [0.4, 0.5) is 0 Å². The highest BCUT2D eigenvalue weighted by molar-refractivity contribution is 5.94. The molecule has 2 aromatic carbocycles. The third kappa shape index (κ3) is 2.67. The third-order valence-corrected chi connectivity index (χ3v) is 4.38. The van der Waals surface area contributed by atoms with Gasteiger partial charge in [-0.25, -0.2) is 4.98 Å². The lowest BCUT2D eigenvalue weighted by Gasteiger charge is -2.08. The molecule has 0 spiro atoms. The number of aromatic nitrogens is 3. The van der Waals surface area contributed by atoms with Gasteiger partial charge in [-0.15, -0.1) is 0 Å². The van der Waals surface area contributed by atoms with E-state index in [1.807, 2.05) is 30.7 Å². The second-order valence-corrected chi connectivity index (χ2v) is 5.82. The van der Waals surface area contributed by atoms with Crippen LogP contribution in [-0.4, -0.2) is 21.6 Å². The van der Waals surface area contributed by atoms with E-state index in [-0.39, 0.29) is 0 Å². The largest absolute Gasteiger partial charge is 0.497 e. The molecule has 0 bridgehead atoms. The lowest BCUT2D eigenvalue weighted by molar-refractivity contribution is 0.414. The Morgan fingerprint density at radius 3 is 2.75 bits per heavy atom. The van der Waals surface area contributed by atoms with Crippen molar-refractivity contribution in [1.29, 1.82) is 0 Å². The Hall–Kier alpha value is -3.01. The highest BCUT2D eigenvalue weighted by Crippen LogP contribution is 2.28. The molecule has 2 heterocycles. The number of fused-ring (bicyclic) bond motifs is 1. The SMILES string of the molecule is COc1ccc(CCn2cncc2-c2c[nH]c3ccccc23)cc1. The molecule has 24 heavy (non-hydrogen) atoms. The van der Waals surface area contributed by atoms with Gasteiger partial charge in [0.2, 0.25) is 0 Å². The highest BCUT2D eigenvalue weighted by atomic mass is 16.5. The molecule has 1 N–H and O–H groups in total. The number of aromatic amines is 1. The second kappa shape index (κ2) is 6.24. The van der Waals surface area contributed by atoms with E-state index >= 15 is 0 Å². The Balaban J connectivity index is 1.58. The molecule has 0 saturated carbocycles. The van der Waals surface area contributed by atoms with Crippen molar-refractivity contribution < 1.29 is 4.74 Å². The number of imidazole rings is 1. The number of para-hydroxylation sites is 1. The van der Waals surface area contributed by atoms with Crippen LogP contribution in [0.2, 0.25) is 0 Å². The average Bonchev–Trinajstić information content (AvgIpc) is 3.26. The molecule has 0 aliphatic heterocycles. The molecule has 120 valence electrons. The van der Waals surface area contributed by atoms with Crippen LogP contribution in [0.15, 0.2) is 67.3 Å². The first-order chi connectivity index (χ1) is 11.8. The quantitative estimate of drug-likeness (QED) is 0.597. The number of nitrogens with one attached hydrogen (secondary N) is 1. The summed E-state index contributed by atoms with van der Waals surface area (Å²) in [5.74, 6) is 0.890. The summed E-state index contributed by atoms with van der Waals surface area (Å²) >= 11 is 0. The number of rotatable bonds is 5. The van der Waals surface area contributed by atoms with E-state index in [0.29, 0.717) is 0 Å². The van der Waals surface area contributed by atoms with E-state index < -0.39 is 0 Å². The molecule has 0 radical (unpaired) electrons. The number of ether oxygens (including phenoxy) is 1. The van der Waals surface area contributed by atoms with Gasteiger partial charge < -0.3 is 14.3 Å². The molecule has 0 aliphatic rings. The zero-order chi connectivity index (χ0) is 16.4. The molecular weight excluding hydrogens is 298 g/mol. The summed E-state index contributed by atoms with van der Waals surface area (Å²) in [7, 11) is 1.69. The minimum atomic E-state index is 0.890. The minimum Gasteiger partial charge on any atom is -0.497 e. The monoisotopic (exact) mass is 317 g/mol. The average molecular weight is 317 g/mol. The predicted molar refractivity (Wildman–Crippen MR) is 96.2 cm³/mol. The normalized spacial score (nSPS) is 11.0. The van der Waals surface area contributed by atoms with Crippen molar-refractivity contribution in [2.45, 2.75) is 13.0 Å². The standard InChI is InChI=1S/C20H19N3O/c1-24-16-8-6-15(7-9-16)10-11-23-14-21-13-20(23)18-12-22-19-5-3-2-4-17(18)19/h2-9,12-14,22H,10-11H2,1H3. The van der Waals surface area contributed by atoms with E-state index in [4.69, 9.17) is 4.74 Å². The van der Waals surface area contributed by atoms with E-state index in [2.05, 4.69) is 51.1 Å². The van der Waals surface area contributed by atoms with Crippen LogP contribution in [0.5, 0.6) is 5.75 Å². The molecule has 0 unspecified atom stereocenters. The van der Waals surface area contributed by atoms with E-state index in [1.54, 1.807) is 7.11 Å². The predicted octanol–water partition coefficient (Wildman–Crippen LogP) is 4.28. The number of hydrogen-bond acceptors (Lipinski definition) is 2. The smallest absolute Gasteiger partial charge is 0.118 e. The maximum absolute atomic E-state index is 5.21. The van der Waals surface area contributed by atoms with Gasteiger partial charge in [-0.05, 0) is 30.2 Å². The van der Waals surface area contributed by atoms with Crippen molar-refractivity contribution in [3.05, 3.63) is 72.8 Å². The van der Waals surface area contributed by atoms with Crippen LogP contribution in [0.1, 0.15) is 5.56 Å². The summed E-state index contributed by atoms with van der Waals surface area (Å²) in [6.45, 7) is 0.890. The van der Waals surface area contributed by atoms with Crippen LogP contribution < -0.4 is 4.74 Å². The first-order valence-corrected chi connectivity index (χ1v) is 8.05. The summed E-state index contributed by atoms with van der Waals surface area (Å²) < 4.78 is 7.42. The summed E-state index contributed by atoms with van der Waals surface area (Å²) in [6, 6.07) is 16.6. The van der Waals surface area contributed by atoms with Crippen molar-refractivity contribution in [3.8, 4) is 17.0 Å². The van der Waals surface area contributed by atoms with E-state index in [9.17, 15) is 0 Å². The summed E-state index contributed by atoms with van der Waals surface area (Å²) in [6.07, 6.45) is 6.85. The topological polar surface area (TPSA) is 42.8 Å². The minimum absolute atomic E-state index is 0.890. The maximum Gasteiger partial charge on any atom is 0.118 e. The van der Waals surface area contributed by atoms with Gasteiger partial charge in [0.15, 0.2) is 0 Å². The van der Waals surface area contributed by atoms with Crippen LogP contribution >= 0.6 is 0 Å². The molecule has 0 atom stereocenters. The first kappa shape index (κ1) is 14.6. The van der Waals surface area contributed by atoms with Crippen molar-refractivity contribution in [2.24, 2.45) is 0 Å². The molecule has 4 aromatic rings. The number of methoxy groups -OCH3 is 1. The van der Waals surface area contributed by atoms with Crippen LogP contribution in [0.25, 0.3) is 22.2 Å². The van der Waals surface area contributed by atoms with Crippen molar-refractivity contribution in [1.82, 2.24) is 14.5 Å². The number of benzene rings is 2. The molecule has 0 fully saturated rings. The molecular formula is C20H19N3O. The van der Waals surface area contributed by atoms with Gasteiger partial charge in [-0.2, -0.15) is 0 Å². The van der Waals surface area contributed by atoms with Gasteiger partial charge in [-0.1, -0.05) is 30.3 Å². The van der Waals surface area contributed by atoms with Crippen molar-refractivity contribution in [3.63, 3.8) is 0 Å². The Labute approximate surface area is 140 Å². The molecule has 0 amide bonds. The van der Waals surface area contributed by atoms with Crippen LogP contribution in [-0.2, 0) is 13.0 Å². The maximum atomic E-state index is 5.21. The van der Waals surface area contributed by atoms with Gasteiger partial charge >= 0.3 is 0 Å². The fourth-order valence-electron chi connectivity index (χ4n) is 3.05. The molecule has 0 aliphatic carbocycles. The van der Waals surface area contributed by atoms with Gasteiger partial charge in [0, 0.05) is 29.2 Å². The lowest BCUT2D eigenvalue weighted by Crippen LogP contribution is -2.01. The van der Waals surface area contributed by atoms with Gasteiger partial charge in [0.05, 0.1) is 25.3 Å². The number of hydrogen-bond donors (Lipinski definition) is 1. The zero-order valence-corrected chi connectivity index (χ0v) is 13.6. The number of nitrogens with zero attached hydrogens (tertiary/aromatic N) is 2. The van der Waals surface area contributed by atoms with Gasteiger partial charge in [0.25, 0.3) is 0 Å². The van der Waals surface area contributed by atoms with Crippen LogP contribution in [0.3, 0.4) is 0 Å². The summed E-state index contributed by atoms with van der Waals surface area (Å²) in [4.78, 5) is 7.69. The highest BCUT2D eigenvalue weighted by Gasteiger charge is 2.10. The third-order valence-electron chi connectivity index (χ3n) is 4.38. The molecule has 2 aromatic heterocycles. The van der Waals surface area contributed by atoms with Crippen molar-refractivity contribution >= 4 is 10.9 Å². The molecule has 0 saturated heterocycles. The Morgan fingerprint density at radius 2 is 1.92 bits per heavy atom. The summed E-state index contributed by atoms with van der Waals surface area (Å²) in [5.41, 5.74) is 4.77. The van der Waals surface area contributed by atoms with E-state index in [0.717, 1.165) is 29.9 Å². The molecule has 4 rings (SSSR count). The van der Waals surface area contributed by atoms with Gasteiger partial charge in [-0.3, -0.25) is 0 Å². The number of aryl methyl sites for hydroxylation is 2. The zero-order valence-electron chi connectivity index (χ0n) is 13.6. The number of H-pyrrole nitrogens is 1. The van der Waals surface area contributed by atoms with E-state index in [1.165, 1.54) is 16.5 Å². The molecule has 4 nitrogen and oxygen atoms in total. The Morgan fingerprint density at radius 1 is 1.08 bits per heavy atom. The van der Waals surface area contributed by atoms with Crippen LogP contribution in [0, 0.1) is 0 Å². The van der Waals surface area contributed by atoms with Crippen molar-refractivity contribution in [2.75, 3.05) is 7.11 Å². The lowest BCUT2D eigenvalue weighted by atomic mass is 10.1. The first-order valence-electron chi connectivity index (χ1n) is 8.05. The van der Waals surface area contributed by atoms with Gasteiger partial charge in [0.1, 0.15) is 5.75 Å².